The fraction of sp³-hybridized carbons (Fsp3) is 0.526. The Labute approximate surface area is 149 Å². The summed E-state index contributed by atoms with van der Waals surface area (Å²) in [5.41, 5.74) is 2.98. The van der Waals surface area contributed by atoms with E-state index in [0.29, 0.717) is 5.15 Å². The molecular formula is C19H25ClN4. The van der Waals surface area contributed by atoms with Crippen molar-refractivity contribution in [3.8, 4) is 0 Å². The number of imidazole rings is 1. The molecule has 2 aromatic rings. The van der Waals surface area contributed by atoms with Crippen molar-refractivity contribution in [2.24, 2.45) is 13.0 Å². The normalized spacial score (nSPS) is 19.0. The molecule has 0 N–H and O–H groups in total. The fourth-order valence-corrected chi connectivity index (χ4v) is 4.15. The number of likely N-dealkylation sites (tertiary alicyclic amines) is 1. The maximum absolute atomic E-state index is 6.08. The second kappa shape index (κ2) is 6.77. The van der Waals surface area contributed by atoms with Crippen molar-refractivity contribution in [2.75, 3.05) is 31.1 Å². The van der Waals surface area contributed by atoms with Crippen LogP contribution < -0.4 is 4.90 Å². The smallest absolute Gasteiger partial charge is 0.128 e. The number of nitrogens with zero attached hydrogens (tertiary/aromatic N) is 4. The summed E-state index contributed by atoms with van der Waals surface area (Å²) < 4.78 is 1.98. The molecule has 0 radical (unpaired) electrons. The molecule has 0 aliphatic carbocycles. The minimum absolute atomic E-state index is 0.715. The number of rotatable bonds is 4. The van der Waals surface area contributed by atoms with Crippen LogP contribution in [0.25, 0.3) is 0 Å². The fourth-order valence-electron chi connectivity index (χ4n) is 4.01. The van der Waals surface area contributed by atoms with Gasteiger partial charge in [-0.3, -0.25) is 4.90 Å². The van der Waals surface area contributed by atoms with E-state index in [1.807, 2.05) is 11.6 Å². The van der Waals surface area contributed by atoms with Crippen molar-refractivity contribution in [3.05, 3.63) is 47.0 Å². The molecule has 1 saturated heterocycles. The maximum atomic E-state index is 6.08. The second-order valence-electron chi connectivity index (χ2n) is 7.10. The van der Waals surface area contributed by atoms with Gasteiger partial charge in [0, 0.05) is 25.8 Å². The molecule has 1 aromatic heterocycles. The molecule has 4 nitrogen and oxygen atoms in total. The Bertz CT molecular complexity index is 703. The van der Waals surface area contributed by atoms with Gasteiger partial charge in [-0.05, 0) is 49.9 Å². The summed E-state index contributed by atoms with van der Waals surface area (Å²) in [4.78, 5) is 9.52. The highest BCUT2D eigenvalue weighted by atomic mass is 35.5. The Morgan fingerprint density at radius 2 is 1.96 bits per heavy atom. The first-order valence-corrected chi connectivity index (χ1v) is 9.30. The summed E-state index contributed by atoms with van der Waals surface area (Å²) in [6.45, 7) is 5.61. The lowest BCUT2D eigenvalue weighted by Crippen LogP contribution is -2.38. The molecule has 1 aromatic carbocycles. The monoisotopic (exact) mass is 344 g/mol. The first kappa shape index (κ1) is 16.0. The van der Waals surface area contributed by atoms with E-state index in [-0.39, 0.29) is 0 Å². The van der Waals surface area contributed by atoms with Crippen LogP contribution in [-0.2, 0) is 20.0 Å². The van der Waals surface area contributed by atoms with E-state index in [9.17, 15) is 0 Å². The third-order valence-electron chi connectivity index (χ3n) is 5.56. The number of anilines is 1. The largest absolute Gasteiger partial charge is 0.371 e. The molecule has 0 spiro atoms. The van der Waals surface area contributed by atoms with E-state index in [0.717, 1.165) is 31.4 Å². The van der Waals surface area contributed by atoms with Gasteiger partial charge < -0.3 is 9.47 Å². The van der Waals surface area contributed by atoms with Gasteiger partial charge in [0.15, 0.2) is 0 Å². The first-order chi connectivity index (χ1) is 11.7. The molecule has 24 heavy (non-hydrogen) atoms. The lowest BCUT2D eigenvalue weighted by molar-refractivity contribution is 0.174. The Hall–Kier alpha value is -1.52. The van der Waals surface area contributed by atoms with Gasteiger partial charge in [0.2, 0.25) is 0 Å². The Morgan fingerprint density at radius 3 is 2.71 bits per heavy atom. The first-order valence-electron chi connectivity index (χ1n) is 8.92. The van der Waals surface area contributed by atoms with Crippen molar-refractivity contribution in [1.29, 1.82) is 0 Å². The van der Waals surface area contributed by atoms with Crippen molar-refractivity contribution < 1.29 is 0 Å². The van der Waals surface area contributed by atoms with Crippen LogP contribution in [0, 0.1) is 5.92 Å². The van der Waals surface area contributed by atoms with Crippen LogP contribution in [0.3, 0.4) is 0 Å². The van der Waals surface area contributed by atoms with Crippen LogP contribution in [0.1, 0.15) is 24.2 Å². The van der Waals surface area contributed by atoms with E-state index < -0.39 is 0 Å². The van der Waals surface area contributed by atoms with Crippen LogP contribution >= 0.6 is 11.6 Å². The predicted octanol–water partition coefficient (Wildman–Crippen LogP) is 3.35. The van der Waals surface area contributed by atoms with Crippen molar-refractivity contribution in [3.63, 3.8) is 0 Å². The number of fused-ring (bicyclic) bond motifs is 1. The second-order valence-corrected chi connectivity index (χ2v) is 7.49. The summed E-state index contributed by atoms with van der Waals surface area (Å²) in [5, 5.41) is 0.715. The topological polar surface area (TPSA) is 24.3 Å². The number of hydrogen-bond acceptors (Lipinski definition) is 3. The van der Waals surface area contributed by atoms with Crippen LogP contribution in [0.4, 0.5) is 5.69 Å². The van der Waals surface area contributed by atoms with E-state index in [4.69, 9.17) is 11.6 Å². The number of benzene rings is 1. The Kier molecular flexibility index (Phi) is 4.51. The summed E-state index contributed by atoms with van der Waals surface area (Å²) in [5.74, 6) is 1.87. The number of piperidine rings is 1. The van der Waals surface area contributed by atoms with Gasteiger partial charge in [0.25, 0.3) is 0 Å². The molecule has 3 heterocycles. The summed E-state index contributed by atoms with van der Waals surface area (Å²) in [6.07, 6.45) is 5.50. The Morgan fingerprint density at radius 1 is 1.17 bits per heavy atom. The molecule has 2 aliphatic rings. The summed E-state index contributed by atoms with van der Waals surface area (Å²) in [7, 11) is 1.99. The summed E-state index contributed by atoms with van der Waals surface area (Å²) in [6, 6.07) is 8.88. The molecule has 0 amide bonds. The third-order valence-corrected chi connectivity index (χ3v) is 5.91. The van der Waals surface area contributed by atoms with Gasteiger partial charge in [0.1, 0.15) is 11.0 Å². The lowest BCUT2D eigenvalue weighted by atomic mass is 9.96. The number of aromatic nitrogens is 2. The van der Waals surface area contributed by atoms with Gasteiger partial charge in [-0.2, -0.15) is 0 Å². The average Bonchev–Trinajstić information content (AvgIpc) is 3.15. The van der Waals surface area contributed by atoms with Crippen LogP contribution in [0.15, 0.2) is 30.5 Å². The standard InChI is InChI=1S/C19H25ClN4/c1-22-18(20)12-21-19(22)14-23-9-6-15(7-10-23)13-24-11-8-16-4-2-3-5-17(16)24/h2-5,12,15H,6-11,13-14H2,1H3. The maximum Gasteiger partial charge on any atom is 0.128 e. The predicted molar refractivity (Wildman–Crippen MR) is 98.6 cm³/mol. The van der Waals surface area contributed by atoms with E-state index in [2.05, 4.69) is 39.0 Å². The average molecular weight is 345 g/mol. The molecule has 5 heteroatoms. The SMILES string of the molecule is Cn1c(Cl)cnc1CN1CCC(CN2CCc3ccccc32)CC1. The van der Waals surface area contributed by atoms with E-state index in [1.54, 1.807) is 6.20 Å². The highest BCUT2D eigenvalue weighted by Crippen LogP contribution is 2.30. The molecule has 2 aliphatic heterocycles. The Balaban J connectivity index is 1.30. The van der Waals surface area contributed by atoms with Crippen molar-refractivity contribution in [2.45, 2.75) is 25.8 Å². The zero-order valence-corrected chi connectivity index (χ0v) is 15.0. The third kappa shape index (κ3) is 3.17. The molecule has 1 fully saturated rings. The van der Waals surface area contributed by atoms with Gasteiger partial charge in [0.05, 0.1) is 12.7 Å². The van der Waals surface area contributed by atoms with Crippen LogP contribution in [0.2, 0.25) is 5.15 Å². The quantitative estimate of drug-likeness (QED) is 0.850. The highest BCUT2D eigenvalue weighted by Gasteiger charge is 2.25. The summed E-state index contributed by atoms with van der Waals surface area (Å²) >= 11 is 6.08. The lowest BCUT2D eigenvalue weighted by Gasteiger charge is -2.34. The van der Waals surface area contributed by atoms with Gasteiger partial charge >= 0.3 is 0 Å². The number of halogens is 1. The van der Waals surface area contributed by atoms with E-state index >= 15 is 0 Å². The molecule has 0 atom stereocenters. The molecule has 0 unspecified atom stereocenters. The zero-order chi connectivity index (χ0) is 16.5. The molecule has 0 bridgehead atoms. The van der Waals surface area contributed by atoms with Gasteiger partial charge in [-0.25, -0.2) is 4.98 Å². The minimum atomic E-state index is 0.715. The number of hydrogen-bond donors (Lipinski definition) is 0. The van der Waals surface area contributed by atoms with Gasteiger partial charge in [-0.15, -0.1) is 0 Å². The van der Waals surface area contributed by atoms with Crippen LogP contribution in [-0.4, -0.2) is 40.6 Å². The molecule has 0 saturated carbocycles. The molecular weight excluding hydrogens is 320 g/mol. The molecule has 4 rings (SSSR count). The van der Waals surface area contributed by atoms with E-state index in [1.165, 1.54) is 43.6 Å². The van der Waals surface area contributed by atoms with Crippen molar-refractivity contribution >= 4 is 17.3 Å². The van der Waals surface area contributed by atoms with Gasteiger partial charge in [-0.1, -0.05) is 29.8 Å². The minimum Gasteiger partial charge on any atom is -0.371 e. The van der Waals surface area contributed by atoms with Crippen molar-refractivity contribution in [1.82, 2.24) is 14.5 Å². The highest BCUT2D eigenvalue weighted by molar-refractivity contribution is 6.29. The number of para-hydroxylation sites is 1. The molecule has 128 valence electrons. The zero-order valence-electron chi connectivity index (χ0n) is 14.3. The van der Waals surface area contributed by atoms with Crippen LogP contribution in [0.5, 0.6) is 0 Å².